The maximum absolute atomic E-state index is 12.8. The molecular formula is C22H22Cl2N2O4. The summed E-state index contributed by atoms with van der Waals surface area (Å²) in [5, 5.41) is 13.1. The number of urea groups is 1. The Labute approximate surface area is 184 Å². The van der Waals surface area contributed by atoms with Gasteiger partial charge in [-0.2, -0.15) is 0 Å². The van der Waals surface area contributed by atoms with Gasteiger partial charge in [-0.3, -0.25) is 0 Å². The number of carboxylic acids is 1. The average Bonchev–Trinajstić information content (AvgIpc) is 2.98. The monoisotopic (exact) mass is 448 g/mol. The molecule has 2 bridgehead atoms. The Morgan fingerprint density at radius 3 is 2.33 bits per heavy atom. The Kier molecular flexibility index (Phi) is 6.06. The third kappa shape index (κ3) is 4.50. The SMILES string of the molecule is O=C(O)c1ccc(OC2C[C@@H]3CC[C@@H](C2)N3C(=O)NCc2ccc(Cl)cc2Cl)cc1. The number of aromatic carboxylic acids is 1. The summed E-state index contributed by atoms with van der Waals surface area (Å²) in [5.41, 5.74) is 1.06. The van der Waals surface area contributed by atoms with Crippen LogP contribution in [-0.4, -0.2) is 40.2 Å². The topological polar surface area (TPSA) is 78.9 Å². The van der Waals surface area contributed by atoms with E-state index in [4.69, 9.17) is 33.0 Å². The van der Waals surface area contributed by atoms with Gasteiger partial charge in [0.05, 0.1) is 5.56 Å². The number of halogens is 2. The Morgan fingerprint density at radius 1 is 1.07 bits per heavy atom. The molecule has 8 heteroatoms. The highest BCUT2D eigenvalue weighted by atomic mass is 35.5. The van der Waals surface area contributed by atoms with Gasteiger partial charge in [0.25, 0.3) is 0 Å². The minimum Gasteiger partial charge on any atom is -0.490 e. The molecule has 2 aromatic carbocycles. The molecule has 2 atom stereocenters. The van der Waals surface area contributed by atoms with Gasteiger partial charge in [-0.25, -0.2) is 9.59 Å². The molecule has 2 fully saturated rings. The molecule has 2 aliphatic rings. The molecule has 2 amide bonds. The van der Waals surface area contributed by atoms with Crippen LogP contribution in [0.25, 0.3) is 0 Å². The van der Waals surface area contributed by atoms with E-state index in [0.717, 1.165) is 31.2 Å². The molecule has 2 aromatic rings. The van der Waals surface area contributed by atoms with Crippen LogP contribution in [0.2, 0.25) is 10.0 Å². The first-order chi connectivity index (χ1) is 14.4. The lowest BCUT2D eigenvalue weighted by Crippen LogP contribution is -2.52. The second-order valence-electron chi connectivity index (χ2n) is 7.73. The molecule has 158 valence electrons. The van der Waals surface area contributed by atoms with Gasteiger partial charge in [-0.15, -0.1) is 0 Å². The van der Waals surface area contributed by atoms with Crippen molar-refractivity contribution < 1.29 is 19.4 Å². The number of amides is 2. The Bertz CT molecular complexity index is 937. The molecule has 0 unspecified atom stereocenters. The van der Waals surface area contributed by atoms with Crippen LogP contribution in [0.3, 0.4) is 0 Å². The van der Waals surface area contributed by atoms with Crippen LogP contribution in [0.5, 0.6) is 5.75 Å². The summed E-state index contributed by atoms with van der Waals surface area (Å²) in [4.78, 5) is 25.7. The van der Waals surface area contributed by atoms with Crippen LogP contribution in [-0.2, 0) is 6.54 Å². The molecule has 0 aliphatic carbocycles. The number of carbonyl (C=O) groups excluding carboxylic acids is 1. The van der Waals surface area contributed by atoms with E-state index in [2.05, 4.69) is 5.32 Å². The summed E-state index contributed by atoms with van der Waals surface area (Å²) in [6.45, 7) is 0.348. The van der Waals surface area contributed by atoms with E-state index < -0.39 is 5.97 Å². The summed E-state index contributed by atoms with van der Waals surface area (Å²) in [7, 11) is 0. The first-order valence-electron chi connectivity index (χ1n) is 9.91. The fourth-order valence-corrected chi connectivity index (χ4v) is 4.83. The van der Waals surface area contributed by atoms with Gasteiger partial charge in [-0.05, 0) is 54.8 Å². The summed E-state index contributed by atoms with van der Waals surface area (Å²) in [6.07, 6.45) is 3.43. The van der Waals surface area contributed by atoms with Gasteiger partial charge in [0, 0.05) is 41.5 Å². The average molecular weight is 449 g/mol. The van der Waals surface area contributed by atoms with Crippen molar-refractivity contribution in [1.29, 1.82) is 0 Å². The normalized spacial score (nSPS) is 22.6. The number of carbonyl (C=O) groups is 2. The molecule has 2 aliphatic heterocycles. The van der Waals surface area contributed by atoms with Crippen molar-refractivity contribution in [2.75, 3.05) is 0 Å². The molecule has 2 heterocycles. The molecule has 0 aromatic heterocycles. The maximum Gasteiger partial charge on any atom is 0.335 e. The predicted octanol–water partition coefficient (Wildman–Crippen LogP) is 4.98. The summed E-state index contributed by atoms with van der Waals surface area (Å²) >= 11 is 12.1. The highest BCUT2D eigenvalue weighted by Gasteiger charge is 2.44. The van der Waals surface area contributed by atoms with Crippen molar-refractivity contribution in [2.24, 2.45) is 0 Å². The third-order valence-corrected chi connectivity index (χ3v) is 6.36. The summed E-state index contributed by atoms with van der Waals surface area (Å²) in [6, 6.07) is 11.9. The first kappa shape index (κ1) is 20.8. The fourth-order valence-electron chi connectivity index (χ4n) is 4.35. The minimum absolute atomic E-state index is 0.00735. The molecule has 6 nitrogen and oxygen atoms in total. The Morgan fingerprint density at radius 2 is 1.73 bits per heavy atom. The van der Waals surface area contributed by atoms with E-state index in [1.807, 2.05) is 11.0 Å². The van der Waals surface area contributed by atoms with Crippen molar-refractivity contribution in [3.05, 3.63) is 63.6 Å². The Hall–Kier alpha value is -2.44. The largest absolute Gasteiger partial charge is 0.490 e. The number of carboxylic acid groups (broad SMARTS) is 1. The molecule has 30 heavy (non-hydrogen) atoms. The van der Waals surface area contributed by atoms with Crippen LogP contribution < -0.4 is 10.1 Å². The van der Waals surface area contributed by atoms with E-state index in [-0.39, 0.29) is 29.8 Å². The van der Waals surface area contributed by atoms with Crippen LogP contribution in [0.1, 0.15) is 41.6 Å². The second-order valence-corrected chi connectivity index (χ2v) is 8.57. The summed E-state index contributed by atoms with van der Waals surface area (Å²) in [5.74, 6) is -0.307. The van der Waals surface area contributed by atoms with Crippen molar-refractivity contribution in [1.82, 2.24) is 10.2 Å². The lowest BCUT2D eigenvalue weighted by Gasteiger charge is -2.38. The van der Waals surface area contributed by atoms with Crippen LogP contribution >= 0.6 is 23.2 Å². The molecular weight excluding hydrogens is 427 g/mol. The van der Waals surface area contributed by atoms with Crippen molar-refractivity contribution >= 4 is 35.2 Å². The zero-order valence-electron chi connectivity index (χ0n) is 16.2. The zero-order valence-corrected chi connectivity index (χ0v) is 17.7. The van der Waals surface area contributed by atoms with Crippen LogP contribution in [0.4, 0.5) is 4.79 Å². The number of piperidine rings is 1. The highest BCUT2D eigenvalue weighted by molar-refractivity contribution is 6.35. The first-order valence-corrected chi connectivity index (χ1v) is 10.7. The molecule has 2 saturated heterocycles. The molecule has 0 saturated carbocycles. The second kappa shape index (κ2) is 8.74. The van der Waals surface area contributed by atoms with E-state index >= 15 is 0 Å². The van der Waals surface area contributed by atoms with Gasteiger partial charge >= 0.3 is 12.0 Å². The van der Waals surface area contributed by atoms with Crippen molar-refractivity contribution in [3.63, 3.8) is 0 Å². The zero-order chi connectivity index (χ0) is 21.3. The molecule has 2 N–H and O–H groups in total. The number of nitrogens with zero attached hydrogens (tertiary/aromatic N) is 1. The fraction of sp³-hybridized carbons (Fsp3) is 0.364. The van der Waals surface area contributed by atoms with Crippen LogP contribution in [0, 0.1) is 0 Å². The van der Waals surface area contributed by atoms with Gasteiger partial charge in [-0.1, -0.05) is 29.3 Å². The van der Waals surface area contributed by atoms with Gasteiger partial charge < -0.3 is 20.1 Å². The quantitative estimate of drug-likeness (QED) is 0.675. The lowest BCUT2D eigenvalue weighted by molar-refractivity contribution is 0.0686. The number of rotatable bonds is 5. The number of ether oxygens (including phenoxy) is 1. The smallest absolute Gasteiger partial charge is 0.335 e. The molecule has 0 radical (unpaired) electrons. The molecule has 4 rings (SSSR count). The van der Waals surface area contributed by atoms with Crippen molar-refractivity contribution in [3.8, 4) is 5.75 Å². The summed E-state index contributed by atoms with van der Waals surface area (Å²) < 4.78 is 6.07. The van der Waals surface area contributed by atoms with E-state index in [9.17, 15) is 9.59 Å². The number of benzene rings is 2. The standard InChI is InChI=1S/C22H22Cl2N2O4/c23-15-4-1-14(20(24)9-15)12-25-22(29)26-16-5-6-17(26)11-19(10-16)30-18-7-2-13(3-8-18)21(27)28/h1-4,7-9,16-17,19H,5-6,10-12H2,(H,25,29)(H,27,28)/t16-,17-/m0/s1. The number of hydrogen-bond donors (Lipinski definition) is 2. The minimum atomic E-state index is -0.959. The Balaban J connectivity index is 1.34. The van der Waals surface area contributed by atoms with E-state index in [1.54, 1.807) is 24.3 Å². The third-order valence-electron chi connectivity index (χ3n) is 5.77. The van der Waals surface area contributed by atoms with Gasteiger partial charge in [0.1, 0.15) is 11.9 Å². The molecule has 0 spiro atoms. The number of nitrogens with one attached hydrogen (secondary N) is 1. The predicted molar refractivity (Wildman–Crippen MR) is 114 cm³/mol. The highest BCUT2D eigenvalue weighted by Crippen LogP contribution is 2.37. The number of hydrogen-bond acceptors (Lipinski definition) is 3. The lowest BCUT2D eigenvalue weighted by atomic mass is 10.00. The van der Waals surface area contributed by atoms with E-state index in [0.29, 0.717) is 22.3 Å². The number of fused-ring (bicyclic) bond motifs is 2. The maximum atomic E-state index is 12.8. The van der Waals surface area contributed by atoms with Gasteiger partial charge in [0.2, 0.25) is 0 Å². The van der Waals surface area contributed by atoms with Crippen LogP contribution in [0.15, 0.2) is 42.5 Å². The van der Waals surface area contributed by atoms with Gasteiger partial charge in [0.15, 0.2) is 0 Å². The van der Waals surface area contributed by atoms with Crippen molar-refractivity contribution in [2.45, 2.75) is 50.4 Å². The van der Waals surface area contributed by atoms with E-state index in [1.165, 1.54) is 12.1 Å².